The Morgan fingerprint density at radius 1 is 1.29 bits per heavy atom. The van der Waals surface area contributed by atoms with Crippen LogP contribution in [0.25, 0.3) is 0 Å². The van der Waals surface area contributed by atoms with E-state index in [9.17, 15) is 4.79 Å². The fourth-order valence-corrected chi connectivity index (χ4v) is 2.70. The van der Waals surface area contributed by atoms with Crippen LogP contribution in [0.5, 0.6) is 0 Å². The zero-order valence-corrected chi connectivity index (χ0v) is 8.72. The number of nitrogens with one attached hydrogen (secondary N) is 1. The molecule has 0 aromatic heterocycles. The van der Waals surface area contributed by atoms with Gasteiger partial charge in [-0.15, -0.1) is 0 Å². The normalized spacial score (nSPS) is 22.6. The fraction of sp³-hybridized carbons (Fsp3) is 0.364. The molecule has 2 rings (SSSR count). The highest BCUT2D eigenvalue weighted by molar-refractivity contribution is 7.99. The number of hydrogen-bond acceptors (Lipinski definition) is 2. The number of carbonyl (C=O) groups is 1. The first-order valence-corrected chi connectivity index (χ1v) is 5.84. The summed E-state index contributed by atoms with van der Waals surface area (Å²) in [5.74, 6) is 1.18. The Morgan fingerprint density at radius 2 is 2.07 bits per heavy atom. The zero-order chi connectivity index (χ0) is 9.80. The number of rotatable bonds is 1. The Hall–Kier alpha value is -0.960. The average molecular weight is 207 g/mol. The van der Waals surface area contributed by atoms with Crippen molar-refractivity contribution in [3.05, 3.63) is 35.9 Å². The molecule has 1 aromatic rings. The van der Waals surface area contributed by atoms with Gasteiger partial charge in [0.05, 0.1) is 0 Å². The molecule has 1 heterocycles. The SMILES string of the molecule is O=C1CC(c2ccccc2)SCCN1. The summed E-state index contributed by atoms with van der Waals surface area (Å²) in [7, 11) is 0. The molecule has 74 valence electrons. The van der Waals surface area contributed by atoms with Crippen LogP contribution < -0.4 is 5.32 Å². The second-order valence-electron chi connectivity index (χ2n) is 3.32. The summed E-state index contributed by atoms with van der Waals surface area (Å²) in [4.78, 5) is 11.3. The molecule has 1 aliphatic heterocycles. The number of amides is 1. The Bertz CT molecular complexity index is 312. The first-order chi connectivity index (χ1) is 6.86. The maximum absolute atomic E-state index is 11.3. The lowest BCUT2D eigenvalue weighted by molar-refractivity contribution is -0.120. The van der Waals surface area contributed by atoms with Crippen molar-refractivity contribution < 1.29 is 4.79 Å². The molecule has 1 saturated heterocycles. The van der Waals surface area contributed by atoms with Gasteiger partial charge >= 0.3 is 0 Å². The molecular weight excluding hydrogens is 194 g/mol. The third-order valence-electron chi connectivity index (χ3n) is 2.29. The van der Waals surface area contributed by atoms with Crippen LogP contribution in [0, 0.1) is 0 Å². The first-order valence-electron chi connectivity index (χ1n) is 4.79. The summed E-state index contributed by atoms with van der Waals surface area (Å²) >= 11 is 1.86. The first kappa shape index (κ1) is 9.59. The van der Waals surface area contributed by atoms with Crippen molar-refractivity contribution >= 4 is 17.7 Å². The average Bonchev–Trinajstić information content (AvgIpc) is 2.44. The highest BCUT2D eigenvalue weighted by Gasteiger charge is 2.18. The van der Waals surface area contributed by atoms with Crippen LogP contribution in [0.4, 0.5) is 0 Å². The van der Waals surface area contributed by atoms with E-state index >= 15 is 0 Å². The van der Waals surface area contributed by atoms with Crippen molar-refractivity contribution in [2.75, 3.05) is 12.3 Å². The van der Waals surface area contributed by atoms with Crippen LogP contribution in [0.2, 0.25) is 0 Å². The Balaban J connectivity index is 2.13. The molecule has 2 nitrogen and oxygen atoms in total. The predicted octanol–water partition coefficient (Wildman–Crippen LogP) is 1.98. The molecule has 1 fully saturated rings. The minimum atomic E-state index is 0.170. The lowest BCUT2D eigenvalue weighted by Gasteiger charge is -2.11. The van der Waals surface area contributed by atoms with Crippen molar-refractivity contribution in [3.8, 4) is 0 Å². The minimum Gasteiger partial charge on any atom is -0.355 e. The number of carbonyl (C=O) groups excluding carboxylic acids is 1. The van der Waals surface area contributed by atoms with E-state index in [1.807, 2.05) is 30.0 Å². The molecule has 1 N–H and O–H groups in total. The molecule has 1 amide bonds. The minimum absolute atomic E-state index is 0.170. The Kier molecular flexibility index (Phi) is 3.09. The molecule has 1 aromatic carbocycles. The molecule has 0 bridgehead atoms. The van der Waals surface area contributed by atoms with Crippen molar-refractivity contribution in [3.63, 3.8) is 0 Å². The van der Waals surface area contributed by atoms with Gasteiger partial charge < -0.3 is 5.32 Å². The van der Waals surface area contributed by atoms with Gasteiger partial charge in [0.25, 0.3) is 0 Å². The number of thioether (sulfide) groups is 1. The zero-order valence-electron chi connectivity index (χ0n) is 7.90. The van der Waals surface area contributed by atoms with Gasteiger partial charge in [-0.1, -0.05) is 30.3 Å². The van der Waals surface area contributed by atoms with E-state index in [1.165, 1.54) is 5.56 Å². The number of benzene rings is 1. The maximum atomic E-state index is 11.3. The monoisotopic (exact) mass is 207 g/mol. The lowest BCUT2D eigenvalue weighted by atomic mass is 10.1. The topological polar surface area (TPSA) is 29.1 Å². The summed E-state index contributed by atoms with van der Waals surface area (Å²) in [6.07, 6.45) is 0.606. The van der Waals surface area contributed by atoms with E-state index in [4.69, 9.17) is 0 Å². The molecule has 1 aliphatic rings. The lowest BCUT2D eigenvalue weighted by Crippen LogP contribution is -2.23. The molecular formula is C11H13NOS. The van der Waals surface area contributed by atoms with Gasteiger partial charge in [-0.3, -0.25) is 4.79 Å². The highest BCUT2D eigenvalue weighted by Crippen LogP contribution is 2.32. The highest BCUT2D eigenvalue weighted by atomic mass is 32.2. The van der Waals surface area contributed by atoms with Gasteiger partial charge in [-0.2, -0.15) is 11.8 Å². The van der Waals surface area contributed by atoms with Gasteiger partial charge in [-0.25, -0.2) is 0 Å². The second kappa shape index (κ2) is 4.51. The summed E-state index contributed by atoms with van der Waals surface area (Å²) in [6.45, 7) is 0.798. The second-order valence-corrected chi connectivity index (χ2v) is 4.63. The van der Waals surface area contributed by atoms with E-state index in [1.54, 1.807) is 0 Å². The summed E-state index contributed by atoms with van der Waals surface area (Å²) in [5.41, 5.74) is 1.26. The third-order valence-corrected chi connectivity index (χ3v) is 3.57. The number of hydrogen-bond donors (Lipinski definition) is 1. The quantitative estimate of drug-likeness (QED) is 0.763. The molecule has 0 aliphatic carbocycles. The molecule has 0 saturated carbocycles. The smallest absolute Gasteiger partial charge is 0.221 e. The maximum Gasteiger partial charge on any atom is 0.221 e. The van der Waals surface area contributed by atoms with Crippen molar-refractivity contribution in [1.29, 1.82) is 0 Å². The summed E-state index contributed by atoms with van der Waals surface area (Å²) < 4.78 is 0. The predicted molar refractivity (Wildman–Crippen MR) is 59.3 cm³/mol. The van der Waals surface area contributed by atoms with Gasteiger partial charge in [0, 0.05) is 24.0 Å². The van der Waals surface area contributed by atoms with Crippen LogP contribution in [-0.4, -0.2) is 18.2 Å². The van der Waals surface area contributed by atoms with E-state index in [0.29, 0.717) is 11.7 Å². The molecule has 3 heteroatoms. The Labute approximate surface area is 88.1 Å². The van der Waals surface area contributed by atoms with E-state index in [-0.39, 0.29) is 5.91 Å². The van der Waals surface area contributed by atoms with E-state index in [0.717, 1.165) is 12.3 Å². The van der Waals surface area contributed by atoms with Crippen LogP contribution >= 0.6 is 11.8 Å². The third kappa shape index (κ3) is 2.29. The molecule has 0 spiro atoms. The summed E-state index contributed by atoms with van der Waals surface area (Å²) in [6, 6.07) is 10.2. The van der Waals surface area contributed by atoms with Gasteiger partial charge in [0.1, 0.15) is 0 Å². The van der Waals surface area contributed by atoms with Gasteiger partial charge in [-0.05, 0) is 5.56 Å². The van der Waals surface area contributed by atoms with E-state index < -0.39 is 0 Å². The standard InChI is InChI=1S/C11H13NOS/c13-11-8-10(14-7-6-12-11)9-4-2-1-3-5-9/h1-5,10H,6-8H2,(H,12,13). The van der Waals surface area contributed by atoms with Gasteiger partial charge in [0.15, 0.2) is 0 Å². The van der Waals surface area contributed by atoms with Crippen molar-refractivity contribution in [2.45, 2.75) is 11.7 Å². The molecule has 0 radical (unpaired) electrons. The van der Waals surface area contributed by atoms with E-state index in [2.05, 4.69) is 17.4 Å². The Morgan fingerprint density at radius 3 is 2.86 bits per heavy atom. The fourth-order valence-electron chi connectivity index (χ4n) is 1.57. The molecule has 14 heavy (non-hydrogen) atoms. The summed E-state index contributed by atoms with van der Waals surface area (Å²) in [5, 5.41) is 3.22. The van der Waals surface area contributed by atoms with Gasteiger partial charge in [0.2, 0.25) is 5.91 Å². The van der Waals surface area contributed by atoms with Crippen LogP contribution in [-0.2, 0) is 4.79 Å². The van der Waals surface area contributed by atoms with Crippen LogP contribution in [0.15, 0.2) is 30.3 Å². The molecule has 1 unspecified atom stereocenters. The largest absolute Gasteiger partial charge is 0.355 e. The van der Waals surface area contributed by atoms with Crippen LogP contribution in [0.3, 0.4) is 0 Å². The van der Waals surface area contributed by atoms with Crippen LogP contribution in [0.1, 0.15) is 17.2 Å². The molecule has 1 atom stereocenters. The van der Waals surface area contributed by atoms with Crippen molar-refractivity contribution in [2.24, 2.45) is 0 Å². The van der Waals surface area contributed by atoms with Crippen molar-refractivity contribution in [1.82, 2.24) is 5.32 Å².